The van der Waals surface area contributed by atoms with Crippen molar-refractivity contribution >= 4 is 39.0 Å². The van der Waals surface area contributed by atoms with Crippen molar-refractivity contribution in [2.45, 2.75) is 6.92 Å². The Morgan fingerprint density at radius 2 is 1.31 bits per heavy atom. The Kier molecular flexibility index (Phi) is 5.76. The molecule has 3 rings (SSSR count). The van der Waals surface area contributed by atoms with Crippen molar-refractivity contribution in [3.63, 3.8) is 0 Å². The summed E-state index contributed by atoms with van der Waals surface area (Å²) in [6, 6.07) is 27.3. The van der Waals surface area contributed by atoms with Crippen LogP contribution in [0.25, 0.3) is 5.31 Å². The van der Waals surface area contributed by atoms with E-state index in [-0.39, 0.29) is 0 Å². The first-order valence-corrected chi connectivity index (χ1v) is 10.9. The van der Waals surface area contributed by atoms with Crippen LogP contribution in [0.15, 0.2) is 108 Å². The SMILES string of the molecule is C=C(C)/C=C(\c1ccc(Br)cc1)P(=O)(c1ccccc1)c1ccccc1. The fourth-order valence-electron chi connectivity index (χ4n) is 2.91. The van der Waals surface area contributed by atoms with Crippen LogP contribution in [-0.4, -0.2) is 0 Å². The summed E-state index contributed by atoms with van der Waals surface area (Å²) >= 11 is 3.48. The van der Waals surface area contributed by atoms with Gasteiger partial charge in [-0.1, -0.05) is 101 Å². The minimum absolute atomic E-state index is 0.801. The summed E-state index contributed by atoms with van der Waals surface area (Å²) in [5.74, 6) is 0. The van der Waals surface area contributed by atoms with Crippen LogP contribution in [0.3, 0.4) is 0 Å². The van der Waals surface area contributed by atoms with Gasteiger partial charge in [0.25, 0.3) is 0 Å². The molecule has 0 aromatic heterocycles. The molecule has 3 aromatic carbocycles. The first-order valence-electron chi connectivity index (χ1n) is 8.37. The molecule has 0 saturated carbocycles. The average molecular weight is 423 g/mol. The first-order chi connectivity index (χ1) is 12.5. The van der Waals surface area contributed by atoms with E-state index < -0.39 is 7.14 Å². The smallest absolute Gasteiger partial charge is 0.171 e. The zero-order valence-corrected chi connectivity index (χ0v) is 17.1. The highest BCUT2D eigenvalue weighted by molar-refractivity contribution is 9.10. The Morgan fingerprint density at radius 1 is 0.846 bits per heavy atom. The molecule has 0 saturated heterocycles. The molecule has 0 aliphatic rings. The maximum absolute atomic E-state index is 14.6. The standard InChI is InChI=1S/C23H20BrOP/c1-18(2)17-23(19-13-15-20(24)16-14-19)26(25,21-9-5-3-6-10-21)22-11-7-4-8-12-22/h3-17H,1H2,2H3/b23-17+. The maximum atomic E-state index is 14.6. The van der Waals surface area contributed by atoms with Gasteiger partial charge < -0.3 is 4.57 Å². The third kappa shape index (κ3) is 3.82. The summed E-state index contributed by atoms with van der Waals surface area (Å²) in [5.41, 5.74) is 1.81. The largest absolute Gasteiger partial charge is 0.309 e. The van der Waals surface area contributed by atoms with Crippen molar-refractivity contribution in [1.29, 1.82) is 0 Å². The molecule has 1 nitrogen and oxygen atoms in total. The van der Waals surface area contributed by atoms with Crippen LogP contribution in [0.1, 0.15) is 12.5 Å². The van der Waals surface area contributed by atoms with E-state index in [4.69, 9.17) is 0 Å². The predicted molar refractivity (Wildman–Crippen MR) is 117 cm³/mol. The quantitative estimate of drug-likeness (QED) is 0.344. The Bertz CT molecular complexity index is 930. The molecule has 0 bridgehead atoms. The summed E-state index contributed by atoms with van der Waals surface area (Å²) in [4.78, 5) is 0. The number of hydrogen-bond donors (Lipinski definition) is 0. The van der Waals surface area contributed by atoms with Crippen molar-refractivity contribution in [2.75, 3.05) is 0 Å². The number of benzene rings is 3. The molecule has 130 valence electrons. The number of allylic oxidation sites excluding steroid dienone is 2. The van der Waals surface area contributed by atoms with E-state index in [9.17, 15) is 4.57 Å². The summed E-state index contributed by atoms with van der Waals surface area (Å²) in [5, 5.41) is 2.44. The van der Waals surface area contributed by atoms with Crippen molar-refractivity contribution < 1.29 is 4.57 Å². The molecule has 0 aliphatic heterocycles. The molecule has 0 atom stereocenters. The lowest BCUT2D eigenvalue weighted by Crippen LogP contribution is -2.17. The lowest BCUT2D eigenvalue weighted by atomic mass is 10.2. The zero-order chi connectivity index (χ0) is 18.6. The Morgan fingerprint density at radius 3 is 1.73 bits per heavy atom. The van der Waals surface area contributed by atoms with Gasteiger partial charge in [-0.15, -0.1) is 0 Å². The first kappa shape index (κ1) is 18.6. The monoisotopic (exact) mass is 422 g/mol. The molecule has 0 radical (unpaired) electrons. The molecule has 26 heavy (non-hydrogen) atoms. The van der Waals surface area contributed by atoms with Gasteiger partial charge in [-0.05, 0) is 30.7 Å². The third-order valence-electron chi connectivity index (χ3n) is 4.10. The second-order valence-electron chi connectivity index (χ2n) is 6.16. The topological polar surface area (TPSA) is 17.1 Å². The summed E-state index contributed by atoms with van der Waals surface area (Å²) < 4.78 is 15.6. The van der Waals surface area contributed by atoms with E-state index in [0.717, 1.165) is 31.5 Å². The van der Waals surface area contributed by atoms with Gasteiger partial charge in [0.1, 0.15) is 0 Å². The van der Waals surface area contributed by atoms with Gasteiger partial charge in [0, 0.05) is 20.4 Å². The number of rotatable bonds is 5. The molecule has 3 aromatic rings. The van der Waals surface area contributed by atoms with Crippen LogP contribution in [0.4, 0.5) is 0 Å². The summed E-state index contributed by atoms with van der Waals surface area (Å²) in [7, 11) is -3.04. The van der Waals surface area contributed by atoms with Crippen molar-refractivity contribution in [1.82, 2.24) is 0 Å². The summed E-state index contributed by atoms with van der Waals surface area (Å²) in [6.07, 6.45) is 1.95. The Hall–Kier alpha value is -2.15. The van der Waals surface area contributed by atoms with Gasteiger partial charge in [0.2, 0.25) is 0 Å². The molecule has 0 spiro atoms. The normalized spacial score (nSPS) is 12.0. The summed E-state index contributed by atoms with van der Waals surface area (Å²) in [6.45, 7) is 5.96. The fourth-order valence-corrected chi connectivity index (χ4v) is 6.13. The van der Waals surface area contributed by atoms with E-state index in [2.05, 4.69) is 22.5 Å². The Balaban J connectivity index is 2.33. The number of halogens is 1. The van der Waals surface area contributed by atoms with Crippen molar-refractivity contribution in [2.24, 2.45) is 0 Å². The lowest BCUT2D eigenvalue weighted by molar-refractivity contribution is 0.593. The van der Waals surface area contributed by atoms with Crippen LogP contribution in [-0.2, 0) is 4.57 Å². The van der Waals surface area contributed by atoms with Crippen LogP contribution in [0, 0.1) is 0 Å². The highest BCUT2D eigenvalue weighted by Gasteiger charge is 2.32. The van der Waals surface area contributed by atoms with Crippen molar-refractivity contribution in [3.8, 4) is 0 Å². The minimum Gasteiger partial charge on any atom is -0.309 e. The van der Waals surface area contributed by atoms with Gasteiger partial charge in [-0.25, -0.2) is 0 Å². The molecule has 0 unspecified atom stereocenters. The maximum Gasteiger partial charge on any atom is 0.171 e. The zero-order valence-electron chi connectivity index (χ0n) is 14.6. The van der Waals surface area contributed by atoms with Crippen LogP contribution in [0.5, 0.6) is 0 Å². The van der Waals surface area contributed by atoms with Gasteiger partial charge in [-0.2, -0.15) is 0 Å². The van der Waals surface area contributed by atoms with E-state index >= 15 is 0 Å². The third-order valence-corrected chi connectivity index (χ3v) is 7.75. The second kappa shape index (κ2) is 8.03. The van der Waals surface area contributed by atoms with Gasteiger partial charge in [-0.3, -0.25) is 0 Å². The van der Waals surface area contributed by atoms with E-state index in [0.29, 0.717) is 0 Å². The number of hydrogen-bond acceptors (Lipinski definition) is 1. The van der Waals surface area contributed by atoms with E-state index in [1.807, 2.05) is 97.9 Å². The molecule has 0 aliphatic carbocycles. The Labute approximate surface area is 163 Å². The van der Waals surface area contributed by atoms with Gasteiger partial charge in [0.15, 0.2) is 7.14 Å². The average Bonchev–Trinajstić information content (AvgIpc) is 2.67. The molecule has 0 amide bonds. The molecule has 0 N–H and O–H groups in total. The highest BCUT2D eigenvalue weighted by Crippen LogP contribution is 2.57. The lowest BCUT2D eigenvalue weighted by Gasteiger charge is -2.23. The van der Waals surface area contributed by atoms with Crippen molar-refractivity contribution in [3.05, 3.63) is 113 Å². The minimum atomic E-state index is -3.04. The van der Waals surface area contributed by atoms with Crippen LogP contribution in [0.2, 0.25) is 0 Å². The molecule has 0 fully saturated rings. The molecular weight excluding hydrogens is 403 g/mol. The molecule has 3 heteroatoms. The van der Waals surface area contributed by atoms with E-state index in [1.165, 1.54) is 0 Å². The van der Waals surface area contributed by atoms with Gasteiger partial charge in [0.05, 0.1) is 0 Å². The highest BCUT2D eigenvalue weighted by atomic mass is 79.9. The fraction of sp³-hybridized carbons (Fsp3) is 0.0435. The van der Waals surface area contributed by atoms with Crippen LogP contribution < -0.4 is 10.6 Å². The molecule has 0 heterocycles. The second-order valence-corrected chi connectivity index (χ2v) is 9.81. The molecular formula is C23H20BrOP. The van der Waals surface area contributed by atoms with E-state index in [1.54, 1.807) is 0 Å². The predicted octanol–water partition coefficient (Wildman–Crippen LogP) is 6.38. The van der Waals surface area contributed by atoms with Crippen LogP contribution >= 0.6 is 23.1 Å². The van der Waals surface area contributed by atoms with Gasteiger partial charge >= 0.3 is 0 Å².